The molecule has 3 aliphatic heterocycles. The second-order valence-electron chi connectivity index (χ2n) is 12.7. The third-order valence-corrected chi connectivity index (χ3v) is 11.6. The first-order valence-corrected chi connectivity index (χ1v) is 17.0. The van der Waals surface area contributed by atoms with Gasteiger partial charge in [-0.1, -0.05) is 75.1 Å². The van der Waals surface area contributed by atoms with Crippen LogP contribution in [0.4, 0.5) is 0 Å². The normalized spacial score (nSPS) is 27.3. The van der Waals surface area contributed by atoms with Crippen molar-refractivity contribution in [2.24, 2.45) is 11.8 Å². The van der Waals surface area contributed by atoms with Gasteiger partial charge in [0.15, 0.2) is 0 Å². The van der Waals surface area contributed by atoms with Crippen molar-refractivity contribution < 1.29 is 19.5 Å². The Bertz CT molecular complexity index is 1150. The molecular weight excluding hydrogens is 558 g/mol. The highest BCUT2D eigenvalue weighted by molar-refractivity contribution is 8.02. The van der Waals surface area contributed by atoms with Gasteiger partial charge in [-0.15, -0.1) is 24.9 Å². The summed E-state index contributed by atoms with van der Waals surface area (Å²) in [6.45, 7) is 14.7. The van der Waals surface area contributed by atoms with Crippen molar-refractivity contribution in [1.29, 1.82) is 0 Å². The molecule has 1 N–H and O–H groups in total. The highest BCUT2D eigenvalue weighted by atomic mass is 32.2. The van der Waals surface area contributed by atoms with Crippen molar-refractivity contribution in [3.63, 3.8) is 0 Å². The molecule has 1 aromatic rings. The van der Waals surface area contributed by atoms with Crippen LogP contribution < -0.4 is 0 Å². The van der Waals surface area contributed by atoms with Gasteiger partial charge in [-0.3, -0.25) is 14.4 Å². The van der Waals surface area contributed by atoms with Crippen LogP contribution in [0.5, 0.6) is 0 Å². The van der Waals surface area contributed by atoms with Gasteiger partial charge < -0.3 is 19.8 Å². The third-order valence-electron chi connectivity index (χ3n) is 9.65. The van der Waals surface area contributed by atoms with Gasteiger partial charge in [-0.05, 0) is 44.6 Å². The summed E-state index contributed by atoms with van der Waals surface area (Å²) < 4.78 is -1.03. The molecule has 0 radical (unpaired) electrons. The first-order chi connectivity index (χ1) is 20.8. The predicted molar refractivity (Wildman–Crippen MR) is 174 cm³/mol. The summed E-state index contributed by atoms with van der Waals surface area (Å²) in [6, 6.07) is 9.35. The van der Waals surface area contributed by atoms with Crippen molar-refractivity contribution in [2.45, 2.75) is 93.7 Å². The van der Waals surface area contributed by atoms with Crippen molar-refractivity contribution in [2.75, 3.05) is 32.8 Å². The lowest BCUT2D eigenvalue weighted by molar-refractivity contribution is -0.146. The van der Waals surface area contributed by atoms with Gasteiger partial charge in [0.2, 0.25) is 17.7 Å². The molecule has 2 bridgehead atoms. The molecule has 3 heterocycles. The Balaban J connectivity index is 1.68. The molecule has 3 saturated heterocycles. The van der Waals surface area contributed by atoms with Gasteiger partial charge in [0, 0.05) is 44.1 Å². The number of amides is 3. The zero-order chi connectivity index (χ0) is 31.0. The molecule has 236 valence electrons. The predicted octanol–water partition coefficient (Wildman–Crippen LogP) is 5.44. The summed E-state index contributed by atoms with van der Waals surface area (Å²) in [5.74, 6) is -1.08. The SMILES string of the molecule is C=CCN(CCCCC)C(=O)C1N(CCCCCCO)C(=O)[C@@H]2[C@H](C(=O)N(CC=C)Cc3ccccc3)[C@]3(C)CCC12S3. The monoisotopic (exact) mass is 609 g/mol. The maximum absolute atomic E-state index is 14.5. The maximum atomic E-state index is 14.5. The van der Waals surface area contributed by atoms with Gasteiger partial charge in [-0.2, -0.15) is 0 Å². The molecule has 2 unspecified atom stereocenters. The average molecular weight is 610 g/mol. The Kier molecular flexibility index (Phi) is 11.6. The van der Waals surface area contributed by atoms with Crippen LogP contribution in [0.1, 0.15) is 77.2 Å². The molecule has 0 aromatic heterocycles. The van der Waals surface area contributed by atoms with Gasteiger partial charge in [0.1, 0.15) is 6.04 Å². The molecule has 3 fully saturated rings. The number of thioether (sulfide) groups is 1. The average Bonchev–Trinajstić information content (AvgIpc) is 3.57. The summed E-state index contributed by atoms with van der Waals surface area (Å²) in [5, 5.41) is 9.23. The molecule has 1 aromatic carbocycles. The number of nitrogens with zero attached hydrogens (tertiary/aromatic N) is 3. The Hall–Kier alpha value is -2.58. The van der Waals surface area contributed by atoms with E-state index in [2.05, 4.69) is 27.0 Å². The van der Waals surface area contributed by atoms with Gasteiger partial charge in [0.05, 0.1) is 16.6 Å². The first kappa shape index (κ1) is 33.3. The Morgan fingerprint density at radius 2 is 1.70 bits per heavy atom. The van der Waals surface area contributed by atoms with E-state index in [4.69, 9.17) is 0 Å². The highest BCUT2D eigenvalue weighted by Crippen LogP contribution is 2.71. The van der Waals surface area contributed by atoms with E-state index < -0.39 is 27.4 Å². The lowest BCUT2D eigenvalue weighted by Gasteiger charge is -2.38. The van der Waals surface area contributed by atoms with Crippen molar-refractivity contribution in [3.8, 4) is 0 Å². The fraction of sp³-hybridized carbons (Fsp3) is 0.629. The molecule has 5 atom stereocenters. The molecule has 3 amide bonds. The van der Waals surface area contributed by atoms with E-state index in [1.807, 2.05) is 45.0 Å². The summed E-state index contributed by atoms with van der Waals surface area (Å²) in [7, 11) is 0. The number of unbranched alkanes of at least 4 members (excludes halogenated alkanes) is 5. The summed E-state index contributed by atoms with van der Waals surface area (Å²) >= 11 is 1.74. The number of benzene rings is 1. The fourth-order valence-corrected chi connectivity index (χ4v) is 9.97. The van der Waals surface area contributed by atoms with E-state index in [-0.39, 0.29) is 24.3 Å². The van der Waals surface area contributed by atoms with E-state index in [1.165, 1.54) is 0 Å². The molecule has 0 aliphatic carbocycles. The lowest BCUT2D eigenvalue weighted by atomic mass is 9.66. The molecule has 7 nitrogen and oxygen atoms in total. The van der Waals surface area contributed by atoms with Crippen LogP contribution in [0.3, 0.4) is 0 Å². The second kappa shape index (κ2) is 14.9. The minimum absolute atomic E-state index is 0.000654. The van der Waals surface area contributed by atoms with Crippen molar-refractivity contribution >= 4 is 29.5 Å². The Morgan fingerprint density at radius 1 is 1.00 bits per heavy atom. The zero-order valence-corrected chi connectivity index (χ0v) is 27.0. The number of aliphatic hydroxyl groups is 1. The highest BCUT2D eigenvalue weighted by Gasteiger charge is 2.77. The topological polar surface area (TPSA) is 81.2 Å². The van der Waals surface area contributed by atoms with Crippen LogP contribution in [-0.2, 0) is 20.9 Å². The maximum Gasteiger partial charge on any atom is 0.247 e. The number of carbonyl (C=O) groups excluding carboxylic acids is 3. The van der Waals surface area contributed by atoms with E-state index in [0.29, 0.717) is 32.7 Å². The minimum atomic E-state index is -0.620. The van der Waals surface area contributed by atoms with Crippen LogP contribution >= 0.6 is 11.8 Å². The summed E-state index contributed by atoms with van der Waals surface area (Å²) in [4.78, 5) is 49.1. The van der Waals surface area contributed by atoms with Crippen LogP contribution in [-0.4, -0.2) is 85.8 Å². The van der Waals surface area contributed by atoms with Crippen LogP contribution in [0.15, 0.2) is 55.6 Å². The van der Waals surface area contributed by atoms with Gasteiger partial charge in [0.25, 0.3) is 0 Å². The molecule has 1 spiro atoms. The van der Waals surface area contributed by atoms with E-state index in [0.717, 1.165) is 63.4 Å². The van der Waals surface area contributed by atoms with Crippen LogP contribution in [0.2, 0.25) is 0 Å². The number of rotatable bonds is 18. The largest absolute Gasteiger partial charge is 0.396 e. The van der Waals surface area contributed by atoms with Gasteiger partial charge in [-0.25, -0.2) is 0 Å². The first-order valence-electron chi connectivity index (χ1n) is 16.2. The number of hydrogen-bond acceptors (Lipinski definition) is 5. The van der Waals surface area contributed by atoms with Gasteiger partial charge >= 0.3 is 0 Å². The molecule has 0 saturated carbocycles. The van der Waals surface area contributed by atoms with Crippen molar-refractivity contribution in [3.05, 3.63) is 61.2 Å². The van der Waals surface area contributed by atoms with E-state index in [9.17, 15) is 19.5 Å². The zero-order valence-electron chi connectivity index (χ0n) is 26.2. The van der Waals surface area contributed by atoms with E-state index >= 15 is 0 Å². The molecular formula is C35H51N3O4S. The summed E-state index contributed by atoms with van der Waals surface area (Å²) in [5.41, 5.74) is 1.04. The molecule has 4 rings (SSSR count). The summed E-state index contributed by atoms with van der Waals surface area (Å²) in [6.07, 6.45) is 11.4. The van der Waals surface area contributed by atoms with E-state index in [1.54, 1.807) is 23.9 Å². The number of fused-ring (bicyclic) bond motifs is 1. The molecule has 8 heteroatoms. The number of aliphatic hydroxyl groups excluding tert-OH is 1. The number of likely N-dealkylation sites (tertiary alicyclic amines) is 1. The lowest BCUT2D eigenvalue weighted by Crippen LogP contribution is -2.55. The quantitative estimate of drug-likeness (QED) is 0.177. The smallest absolute Gasteiger partial charge is 0.247 e. The number of hydrogen-bond donors (Lipinski definition) is 1. The third kappa shape index (κ3) is 6.75. The molecule has 43 heavy (non-hydrogen) atoms. The van der Waals surface area contributed by atoms with Crippen LogP contribution in [0, 0.1) is 11.8 Å². The fourth-order valence-electron chi connectivity index (χ4n) is 7.63. The second-order valence-corrected chi connectivity index (χ2v) is 14.6. The molecule has 3 aliphatic rings. The standard InChI is InChI=1S/C35H51N3O4S/c1-5-8-14-23-36(21-6-2)33(42)30-35-20-19-34(4,43-35)28(29(35)32(41)38(30)24-15-9-10-16-25-39)31(40)37(22-7-3)26-27-17-12-11-13-18-27/h6-7,11-13,17-18,28-30,39H,2-3,5,8-10,14-16,19-26H2,1,4H3/t28-,29+,30?,34+,35?/m1/s1. The van der Waals surface area contributed by atoms with Crippen molar-refractivity contribution in [1.82, 2.24) is 14.7 Å². The Morgan fingerprint density at radius 3 is 2.37 bits per heavy atom. The van der Waals surface area contributed by atoms with Crippen LogP contribution in [0.25, 0.3) is 0 Å². The Labute approximate surface area is 262 Å². The minimum Gasteiger partial charge on any atom is -0.396 e. The number of carbonyl (C=O) groups is 3.